The fraction of sp³-hybridized carbons (Fsp3) is 0.0714. The summed E-state index contributed by atoms with van der Waals surface area (Å²) >= 11 is 0. The molecule has 2 rings (SSSR count). The zero-order valence-corrected chi connectivity index (χ0v) is 10.7. The Morgan fingerprint density at radius 3 is 2.24 bits per heavy atom. The quantitative estimate of drug-likeness (QED) is 0.442. The van der Waals surface area contributed by atoms with Gasteiger partial charge in [0.15, 0.2) is 6.61 Å². The number of hydroxylamine groups is 1. The van der Waals surface area contributed by atoms with Crippen molar-refractivity contribution in [3.05, 3.63) is 47.5 Å². The molecule has 1 amide bonds. The molecule has 7 heteroatoms. The standard InChI is InChI=1S/C14H11NO6/c16-12(15-20)7-21-14(19)11-6-10(13(17)18)8-4-2-1-3-5-9(8)11/h1-6,20H,7H2,(H,15,16)(H,17,18). The molecule has 0 heterocycles. The number of fused-ring (bicyclic) bond motifs is 1. The van der Waals surface area contributed by atoms with E-state index in [1.165, 1.54) is 11.5 Å². The van der Waals surface area contributed by atoms with Crippen LogP contribution in [-0.4, -0.2) is 34.8 Å². The number of nitrogens with one attached hydrogen (secondary N) is 1. The summed E-state index contributed by atoms with van der Waals surface area (Å²) in [4.78, 5) is 34.0. The minimum Gasteiger partial charge on any atom is -0.478 e. The maximum Gasteiger partial charge on any atom is 0.339 e. The fourth-order valence-electron chi connectivity index (χ4n) is 1.90. The molecule has 7 nitrogen and oxygen atoms in total. The molecule has 0 bridgehead atoms. The zero-order chi connectivity index (χ0) is 15.4. The molecule has 0 fully saturated rings. The molecule has 2 aliphatic carbocycles. The minimum atomic E-state index is -1.17. The molecule has 0 spiro atoms. The third-order valence-corrected chi connectivity index (χ3v) is 2.82. The normalized spacial score (nSPS) is 10.1. The van der Waals surface area contributed by atoms with Crippen LogP contribution in [0.2, 0.25) is 0 Å². The van der Waals surface area contributed by atoms with Crippen molar-refractivity contribution >= 4 is 17.8 Å². The average molecular weight is 289 g/mol. The van der Waals surface area contributed by atoms with Gasteiger partial charge in [0.1, 0.15) is 0 Å². The number of amides is 1. The Bertz CT molecular complexity index is 681. The van der Waals surface area contributed by atoms with Crippen LogP contribution in [0.15, 0.2) is 36.4 Å². The topological polar surface area (TPSA) is 113 Å². The minimum absolute atomic E-state index is 0.0280. The Kier molecular flexibility index (Phi) is 4.15. The predicted molar refractivity (Wildman–Crippen MR) is 70.2 cm³/mol. The summed E-state index contributed by atoms with van der Waals surface area (Å²) in [5.74, 6) is -2.90. The van der Waals surface area contributed by atoms with Gasteiger partial charge in [-0.15, -0.1) is 0 Å². The Morgan fingerprint density at radius 1 is 1.05 bits per heavy atom. The molecule has 0 aromatic heterocycles. The molecular formula is C14H11NO6. The van der Waals surface area contributed by atoms with E-state index in [4.69, 9.17) is 15.1 Å². The van der Waals surface area contributed by atoms with E-state index in [0.717, 1.165) is 0 Å². The number of hydrogen-bond donors (Lipinski definition) is 3. The van der Waals surface area contributed by atoms with Crippen LogP contribution in [0.5, 0.6) is 0 Å². The smallest absolute Gasteiger partial charge is 0.339 e. The number of carboxylic acids is 1. The monoisotopic (exact) mass is 289 g/mol. The van der Waals surface area contributed by atoms with Gasteiger partial charge in [0.2, 0.25) is 0 Å². The lowest BCUT2D eigenvalue weighted by Crippen LogP contribution is -2.25. The summed E-state index contributed by atoms with van der Waals surface area (Å²) in [6.07, 6.45) is 0. The predicted octanol–water partition coefficient (Wildman–Crippen LogP) is 1.15. The molecule has 0 aromatic rings. The van der Waals surface area contributed by atoms with E-state index in [1.807, 2.05) is 0 Å². The second kappa shape index (κ2) is 6.02. The van der Waals surface area contributed by atoms with Crippen molar-refractivity contribution in [2.45, 2.75) is 0 Å². The van der Waals surface area contributed by atoms with Crippen molar-refractivity contribution < 1.29 is 29.4 Å². The molecule has 0 radical (unpaired) electrons. The number of carbonyl (C=O) groups is 3. The molecule has 0 aromatic carbocycles. The molecule has 0 atom stereocenters. The van der Waals surface area contributed by atoms with Crippen LogP contribution >= 0.6 is 0 Å². The first-order valence-electron chi connectivity index (χ1n) is 5.89. The third-order valence-electron chi connectivity index (χ3n) is 2.82. The van der Waals surface area contributed by atoms with Crippen LogP contribution < -0.4 is 5.48 Å². The van der Waals surface area contributed by atoms with Crippen molar-refractivity contribution in [3.8, 4) is 11.1 Å². The SMILES string of the molecule is O=C(COC(=O)c1cc(C(=O)O)c2cccccc1-2)NO. The number of hydrogen-bond acceptors (Lipinski definition) is 5. The fourth-order valence-corrected chi connectivity index (χ4v) is 1.90. The van der Waals surface area contributed by atoms with Crippen molar-refractivity contribution in [2.24, 2.45) is 0 Å². The highest BCUT2D eigenvalue weighted by Crippen LogP contribution is 2.32. The third kappa shape index (κ3) is 2.98. The second-order valence-electron chi connectivity index (χ2n) is 4.13. The molecular weight excluding hydrogens is 278 g/mol. The van der Waals surface area contributed by atoms with E-state index in [-0.39, 0.29) is 11.1 Å². The first-order valence-corrected chi connectivity index (χ1v) is 5.89. The van der Waals surface area contributed by atoms with Gasteiger partial charge in [-0.1, -0.05) is 30.3 Å². The van der Waals surface area contributed by atoms with Gasteiger partial charge in [-0.05, 0) is 17.2 Å². The van der Waals surface area contributed by atoms with Crippen molar-refractivity contribution in [2.75, 3.05) is 6.61 Å². The highest BCUT2D eigenvalue weighted by molar-refractivity contribution is 6.07. The van der Waals surface area contributed by atoms with E-state index in [0.29, 0.717) is 11.1 Å². The van der Waals surface area contributed by atoms with Crippen LogP contribution in [0.25, 0.3) is 11.1 Å². The second-order valence-corrected chi connectivity index (χ2v) is 4.13. The van der Waals surface area contributed by atoms with E-state index in [1.54, 1.807) is 30.3 Å². The van der Waals surface area contributed by atoms with Gasteiger partial charge in [0, 0.05) is 0 Å². The maximum atomic E-state index is 11.9. The summed E-state index contributed by atoms with van der Waals surface area (Å²) < 4.78 is 4.71. The number of esters is 1. The van der Waals surface area contributed by atoms with Crippen molar-refractivity contribution in [3.63, 3.8) is 0 Å². The van der Waals surface area contributed by atoms with E-state index in [9.17, 15) is 14.4 Å². The molecule has 0 unspecified atom stereocenters. The van der Waals surface area contributed by atoms with Gasteiger partial charge in [0.05, 0.1) is 11.1 Å². The first kappa shape index (κ1) is 14.5. The van der Waals surface area contributed by atoms with Gasteiger partial charge in [-0.2, -0.15) is 0 Å². The van der Waals surface area contributed by atoms with Gasteiger partial charge in [-0.25, -0.2) is 15.1 Å². The highest BCUT2D eigenvalue weighted by Gasteiger charge is 2.24. The van der Waals surface area contributed by atoms with Crippen LogP contribution in [0.4, 0.5) is 0 Å². The highest BCUT2D eigenvalue weighted by atomic mass is 16.5. The number of ether oxygens (including phenoxy) is 1. The summed E-state index contributed by atoms with van der Waals surface area (Å²) in [6, 6.07) is 9.38. The lowest BCUT2D eigenvalue weighted by Gasteiger charge is -2.03. The van der Waals surface area contributed by atoms with Gasteiger partial charge >= 0.3 is 11.9 Å². The number of carboxylic acid groups (broad SMARTS) is 1. The molecule has 0 saturated heterocycles. The Hall–Kier alpha value is -2.93. The lowest BCUT2D eigenvalue weighted by molar-refractivity contribution is -0.132. The molecule has 2 aliphatic rings. The Balaban J connectivity index is 2.39. The molecule has 0 saturated carbocycles. The first-order chi connectivity index (χ1) is 10.0. The number of aromatic carboxylic acids is 1. The Morgan fingerprint density at radius 2 is 1.67 bits per heavy atom. The van der Waals surface area contributed by atoms with Crippen LogP contribution in [0.3, 0.4) is 0 Å². The van der Waals surface area contributed by atoms with Crippen molar-refractivity contribution in [1.29, 1.82) is 0 Å². The van der Waals surface area contributed by atoms with Gasteiger partial charge < -0.3 is 9.84 Å². The Labute approximate surface area is 119 Å². The van der Waals surface area contributed by atoms with E-state index in [2.05, 4.69) is 0 Å². The lowest BCUT2D eigenvalue weighted by atomic mass is 10.1. The van der Waals surface area contributed by atoms with Crippen LogP contribution in [0.1, 0.15) is 20.7 Å². The molecule has 3 N–H and O–H groups in total. The average Bonchev–Trinajstić information content (AvgIpc) is 2.66. The summed E-state index contributed by atoms with van der Waals surface area (Å²) in [7, 11) is 0. The van der Waals surface area contributed by atoms with Gasteiger partial charge in [0.25, 0.3) is 5.91 Å². The van der Waals surface area contributed by atoms with E-state index >= 15 is 0 Å². The summed E-state index contributed by atoms with van der Waals surface area (Å²) in [6.45, 7) is -0.663. The molecule has 21 heavy (non-hydrogen) atoms. The summed E-state index contributed by atoms with van der Waals surface area (Å²) in [5.41, 5.74) is 2.15. The number of carbonyl (C=O) groups excluding carboxylic acids is 2. The largest absolute Gasteiger partial charge is 0.478 e. The summed E-state index contributed by atoms with van der Waals surface area (Å²) in [5, 5.41) is 17.5. The molecule has 0 aliphatic heterocycles. The van der Waals surface area contributed by atoms with Gasteiger partial charge in [-0.3, -0.25) is 10.0 Å². The number of rotatable bonds is 4. The van der Waals surface area contributed by atoms with Crippen LogP contribution in [0, 0.1) is 0 Å². The van der Waals surface area contributed by atoms with Crippen molar-refractivity contribution in [1.82, 2.24) is 5.48 Å². The maximum absolute atomic E-state index is 11.9. The van der Waals surface area contributed by atoms with E-state index < -0.39 is 24.5 Å². The molecule has 108 valence electrons. The zero-order valence-electron chi connectivity index (χ0n) is 10.7. The van der Waals surface area contributed by atoms with Crippen LogP contribution in [-0.2, 0) is 9.53 Å².